The molecule has 28 heavy (non-hydrogen) atoms. The van der Waals surface area contributed by atoms with E-state index in [9.17, 15) is 13.2 Å². The average molecular weight is 515 g/mol. The number of benzene rings is 1. The van der Waals surface area contributed by atoms with Gasteiger partial charge in [0, 0.05) is 39.3 Å². The number of hydrogen-bond acceptors (Lipinski definition) is 3. The third-order valence-corrected chi connectivity index (χ3v) is 4.34. The maximum absolute atomic E-state index is 12.3. The van der Waals surface area contributed by atoms with Gasteiger partial charge in [0.1, 0.15) is 0 Å². The van der Waals surface area contributed by atoms with Crippen molar-refractivity contribution in [3.63, 3.8) is 0 Å². The van der Waals surface area contributed by atoms with Gasteiger partial charge in [-0.15, -0.1) is 24.0 Å². The summed E-state index contributed by atoms with van der Waals surface area (Å²) in [4.78, 5) is 7.64. The predicted molar refractivity (Wildman–Crippen MR) is 120 cm³/mol. The van der Waals surface area contributed by atoms with E-state index in [1.807, 2.05) is 18.2 Å². The molecule has 9 heteroatoms. The van der Waals surface area contributed by atoms with Crippen LogP contribution in [0.5, 0.6) is 0 Å². The molecule has 1 aromatic rings. The molecule has 0 aliphatic rings. The minimum Gasteiger partial charge on any atom is -0.356 e. The Kier molecular flexibility index (Phi) is 13.5. The molecule has 1 unspecified atom stereocenters. The smallest absolute Gasteiger partial charge is 0.356 e. The van der Waals surface area contributed by atoms with Crippen LogP contribution in [0.25, 0.3) is 0 Å². The molecule has 0 aliphatic heterocycles. The van der Waals surface area contributed by atoms with Crippen LogP contribution in [0.2, 0.25) is 0 Å². The quantitative estimate of drug-likeness (QED) is 0.286. The van der Waals surface area contributed by atoms with Crippen molar-refractivity contribution in [1.82, 2.24) is 20.4 Å². The van der Waals surface area contributed by atoms with Crippen LogP contribution in [0.4, 0.5) is 13.2 Å². The largest absolute Gasteiger partial charge is 0.401 e. The summed E-state index contributed by atoms with van der Waals surface area (Å²) in [5, 5.41) is 6.26. The molecular formula is C19H33F3IN5. The Bertz CT molecular complexity index is 554. The van der Waals surface area contributed by atoms with Crippen molar-refractivity contribution in [3.8, 4) is 0 Å². The van der Waals surface area contributed by atoms with E-state index in [1.165, 1.54) is 17.5 Å². The molecule has 0 fully saturated rings. The zero-order chi connectivity index (χ0) is 20.3. The molecule has 5 nitrogen and oxygen atoms in total. The molecule has 0 saturated carbocycles. The van der Waals surface area contributed by atoms with Crippen molar-refractivity contribution in [2.24, 2.45) is 4.99 Å². The van der Waals surface area contributed by atoms with E-state index in [0.717, 1.165) is 19.5 Å². The van der Waals surface area contributed by atoms with Crippen LogP contribution in [0, 0.1) is 0 Å². The van der Waals surface area contributed by atoms with E-state index >= 15 is 0 Å². The van der Waals surface area contributed by atoms with E-state index in [2.05, 4.69) is 46.6 Å². The van der Waals surface area contributed by atoms with Gasteiger partial charge in [-0.05, 0) is 33.0 Å². The van der Waals surface area contributed by atoms with Gasteiger partial charge < -0.3 is 10.6 Å². The van der Waals surface area contributed by atoms with Crippen LogP contribution in [0.1, 0.15) is 18.9 Å². The molecule has 0 radical (unpaired) electrons. The van der Waals surface area contributed by atoms with Gasteiger partial charge >= 0.3 is 6.18 Å². The number of nitrogens with zero attached hydrogens (tertiary/aromatic N) is 3. The third-order valence-electron chi connectivity index (χ3n) is 4.34. The highest BCUT2D eigenvalue weighted by molar-refractivity contribution is 14.0. The summed E-state index contributed by atoms with van der Waals surface area (Å²) < 4.78 is 36.9. The number of guanidine groups is 1. The molecule has 1 atom stereocenters. The molecule has 0 bridgehead atoms. The van der Waals surface area contributed by atoms with E-state index < -0.39 is 12.7 Å². The second-order valence-electron chi connectivity index (χ2n) is 6.82. The van der Waals surface area contributed by atoms with Crippen molar-refractivity contribution in [2.75, 3.05) is 47.3 Å². The highest BCUT2D eigenvalue weighted by Crippen LogP contribution is 2.15. The number of alkyl halides is 3. The van der Waals surface area contributed by atoms with Crippen LogP contribution in [-0.2, 0) is 6.54 Å². The highest BCUT2D eigenvalue weighted by Gasteiger charge is 2.28. The molecule has 0 saturated heterocycles. The highest BCUT2D eigenvalue weighted by atomic mass is 127. The van der Waals surface area contributed by atoms with Crippen molar-refractivity contribution in [3.05, 3.63) is 35.9 Å². The second kappa shape index (κ2) is 14.0. The minimum atomic E-state index is -4.17. The lowest BCUT2D eigenvalue weighted by Gasteiger charge is -2.25. The lowest BCUT2D eigenvalue weighted by atomic mass is 10.1. The number of aliphatic imine (C=N–C) groups is 1. The fourth-order valence-electron chi connectivity index (χ4n) is 2.62. The monoisotopic (exact) mass is 515 g/mol. The van der Waals surface area contributed by atoms with E-state index in [0.29, 0.717) is 18.5 Å². The number of halogens is 4. The van der Waals surface area contributed by atoms with E-state index in [1.54, 1.807) is 7.05 Å². The Labute approximate surface area is 183 Å². The Morgan fingerprint density at radius 1 is 1.11 bits per heavy atom. The first-order chi connectivity index (χ1) is 12.7. The maximum atomic E-state index is 12.3. The van der Waals surface area contributed by atoms with Gasteiger partial charge in [0.15, 0.2) is 5.96 Å². The summed E-state index contributed by atoms with van der Waals surface area (Å²) >= 11 is 0. The first kappa shape index (κ1) is 26.9. The Hall–Kier alpha value is -1.07. The molecule has 1 rings (SSSR count). The van der Waals surface area contributed by atoms with Gasteiger partial charge in [-0.1, -0.05) is 30.3 Å². The Morgan fingerprint density at radius 3 is 2.29 bits per heavy atom. The summed E-state index contributed by atoms with van der Waals surface area (Å²) in [5.41, 5.74) is 1.28. The Morgan fingerprint density at radius 2 is 1.71 bits per heavy atom. The van der Waals surface area contributed by atoms with E-state index in [-0.39, 0.29) is 30.5 Å². The second-order valence-corrected chi connectivity index (χ2v) is 6.82. The SMILES string of the molecule is CN=C(NCCC(C)N(C)Cc1ccccc1)NCCN(C)CC(F)(F)F.I. The number of nitrogens with one attached hydrogen (secondary N) is 2. The van der Waals surface area contributed by atoms with Crippen molar-refractivity contribution in [2.45, 2.75) is 32.1 Å². The zero-order valence-electron chi connectivity index (χ0n) is 17.1. The van der Waals surface area contributed by atoms with Gasteiger partial charge in [-0.25, -0.2) is 0 Å². The lowest BCUT2D eigenvalue weighted by Crippen LogP contribution is -2.43. The first-order valence-corrected chi connectivity index (χ1v) is 9.15. The fraction of sp³-hybridized carbons (Fsp3) is 0.632. The molecular weight excluding hydrogens is 482 g/mol. The summed E-state index contributed by atoms with van der Waals surface area (Å²) in [6.45, 7) is 3.57. The van der Waals surface area contributed by atoms with Crippen molar-refractivity contribution in [1.29, 1.82) is 0 Å². The standard InChI is InChI=1S/C19H32F3N5.HI/c1-16(27(4)14-17-8-6-5-7-9-17)10-11-24-18(23-2)25-12-13-26(3)15-19(20,21)22;/h5-9,16H,10-15H2,1-4H3,(H2,23,24,25);1H. The molecule has 0 amide bonds. The van der Waals surface area contributed by atoms with Crippen LogP contribution < -0.4 is 10.6 Å². The van der Waals surface area contributed by atoms with Gasteiger partial charge in [0.25, 0.3) is 0 Å². The first-order valence-electron chi connectivity index (χ1n) is 9.15. The topological polar surface area (TPSA) is 42.9 Å². The fourth-order valence-corrected chi connectivity index (χ4v) is 2.62. The van der Waals surface area contributed by atoms with Crippen LogP contribution >= 0.6 is 24.0 Å². The van der Waals surface area contributed by atoms with Crippen LogP contribution in [-0.4, -0.2) is 75.3 Å². The van der Waals surface area contributed by atoms with E-state index in [4.69, 9.17) is 0 Å². The molecule has 162 valence electrons. The normalized spacial score (nSPS) is 13.4. The zero-order valence-corrected chi connectivity index (χ0v) is 19.4. The molecule has 0 spiro atoms. The molecule has 0 aromatic heterocycles. The van der Waals surface area contributed by atoms with Gasteiger partial charge in [-0.2, -0.15) is 13.2 Å². The molecule has 0 heterocycles. The van der Waals surface area contributed by atoms with Gasteiger partial charge in [0.2, 0.25) is 0 Å². The average Bonchev–Trinajstić information content (AvgIpc) is 2.59. The predicted octanol–water partition coefficient (Wildman–Crippen LogP) is 3.17. The van der Waals surface area contributed by atoms with Gasteiger partial charge in [-0.3, -0.25) is 14.8 Å². The van der Waals surface area contributed by atoms with Crippen LogP contribution in [0.3, 0.4) is 0 Å². The van der Waals surface area contributed by atoms with Gasteiger partial charge in [0.05, 0.1) is 6.54 Å². The molecule has 2 N–H and O–H groups in total. The minimum absolute atomic E-state index is 0. The maximum Gasteiger partial charge on any atom is 0.401 e. The van der Waals surface area contributed by atoms with Crippen molar-refractivity contribution < 1.29 is 13.2 Å². The van der Waals surface area contributed by atoms with Crippen molar-refractivity contribution >= 4 is 29.9 Å². The summed E-state index contributed by atoms with van der Waals surface area (Å²) in [5.74, 6) is 0.605. The molecule has 1 aromatic carbocycles. The lowest BCUT2D eigenvalue weighted by molar-refractivity contribution is -0.142. The number of likely N-dealkylation sites (N-methyl/N-ethyl adjacent to an activating group) is 1. The molecule has 0 aliphatic carbocycles. The number of rotatable bonds is 10. The Balaban J connectivity index is 0.00000729. The number of hydrogen-bond donors (Lipinski definition) is 2. The summed E-state index contributed by atoms with van der Waals surface area (Å²) in [6.07, 6.45) is -3.24. The summed E-state index contributed by atoms with van der Waals surface area (Å²) in [7, 11) is 5.20. The summed E-state index contributed by atoms with van der Waals surface area (Å²) in [6, 6.07) is 10.7. The van der Waals surface area contributed by atoms with Crippen LogP contribution in [0.15, 0.2) is 35.3 Å². The third kappa shape index (κ3) is 12.4.